The quantitative estimate of drug-likeness (QED) is 0.842. The van der Waals surface area contributed by atoms with Crippen molar-refractivity contribution in [1.29, 1.82) is 0 Å². The van der Waals surface area contributed by atoms with Crippen molar-refractivity contribution >= 4 is 33.5 Å². The molecular weight excluding hydrogens is 324 g/mol. The molecule has 0 radical (unpaired) electrons. The molecule has 5 nitrogen and oxygen atoms in total. The largest absolute Gasteiger partial charge is 0.481 e. The maximum Gasteiger partial charge on any atom is 0.307 e. The highest BCUT2D eigenvalue weighted by atomic mass is 79.9. The number of pyridine rings is 1. The maximum absolute atomic E-state index is 11.9. The first-order valence-electron chi connectivity index (χ1n) is 5.78. The molecule has 1 aromatic carbocycles. The van der Waals surface area contributed by atoms with Crippen LogP contribution in [0.15, 0.2) is 47.2 Å². The smallest absolute Gasteiger partial charge is 0.307 e. The van der Waals surface area contributed by atoms with Crippen LogP contribution < -0.4 is 5.32 Å². The van der Waals surface area contributed by atoms with Crippen LogP contribution in [0.3, 0.4) is 0 Å². The fourth-order valence-electron chi connectivity index (χ4n) is 1.59. The molecule has 0 aliphatic carbocycles. The Morgan fingerprint density at radius 3 is 2.40 bits per heavy atom. The van der Waals surface area contributed by atoms with E-state index in [9.17, 15) is 9.59 Å². The Hall–Kier alpha value is -2.21. The summed E-state index contributed by atoms with van der Waals surface area (Å²) in [5.41, 5.74) is 1.73. The van der Waals surface area contributed by atoms with Crippen LogP contribution in [0, 0.1) is 0 Å². The van der Waals surface area contributed by atoms with Gasteiger partial charge in [-0.25, -0.2) is 4.98 Å². The standard InChI is InChI=1S/C14H11BrN2O3/c15-12-6-3-10(8-16-12)14(20)17-11-4-1-9(2-5-11)7-13(18)19/h1-6,8H,7H2,(H,17,20)(H,18,19). The second-order valence-electron chi connectivity index (χ2n) is 4.09. The molecule has 0 spiro atoms. The molecule has 1 aromatic heterocycles. The summed E-state index contributed by atoms with van der Waals surface area (Å²) >= 11 is 3.20. The van der Waals surface area contributed by atoms with Crippen molar-refractivity contribution < 1.29 is 14.7 Å². The maximum atomic E-state index is 11.9. The number of carboxylic acid groups (broad SMARTS) is 1. The van der Waals surface area contributed by atoms with Crippen molar-refractivity contribution in [2.45, 2.75) is 6.42 Å². The molecule has 1 amide bonds. The number of hydrogen-bond donors (Lipinski definition) is 2. The summed E-state index contributed by atoms with van der Waals surface area (Å²) in [4.78, 5) is 26.5. The number of carbonyl (C=O) groups is 2. The van der Waals surface area contributed by atoms with Gasteiger partial charge in [0.2, 0.25) is 0 Å². The van der Waals surface area contributed by atoms with E-state index in [1.807, 2.05) is 0 Å². The fraction of sp³-hybridized carbons (Fsp3) is 0.0714. The van der Waals surface area contributed by atoms with Crippen molar-refractivity contribution in [2.75, 3.05) is 5.32 Å². The van der Waals surface area contributed by atoms with Crippen LogP contribution in [0.5, 0.6) is 0 Å². The third-order valence-electron chi connectivity index (χ3n) is 2.56. The van der Waals surface area contributed by atoms with E-state index >= 15 is 0 Å². The predicted octanol–water partition coefficient (Wildman–Crippen LogP) is 2.72. The summed E-state index contributed by atoms with van der Waals surface area (Å²) in [6, 6.07) is 10.0. The number of amides is 1. The van der Waals surface area contributed by atoms with E-state index in [0.717, 1.165) is 0 Å². The fourth-order valence-corrected chi connectivity index (χ4v) is 1.83. The normalized spacial score (nSPS) is 10.1. The zero-order valence-electron chi connectivity index (χ0n) is 10.3. The number of rotatable bonds is 4. The molecule has 6 heteroatoms. The summed E-state index contributed by atoms with van der Waals surface area (Å²) < 4.78 is 0.659. The molecule has 1 heterocycles. The zero-order chi connectivity index (χ0) is 14.5. The van der Waals surface area contributed by atoms with Crippen LogP contribution in [0.2, 0.25) is 0 Å². The molecule has 0 aliphatic rings. The van der Waals surface area contributed by atoms with Gasteiger partial charge in [-0.05, 0) is 45.8 Å². The number of carboxylic acids is 1. The van der Waals surface area contributed by atoms with Crippen molar-refractivity contribution in [3.8, 4) is 0 Å². The molecule has 0 bridgehead atoms. The van der Waals surface area contributed by atoms with Gasteiger partial charge in [0, 0.05) is 11.9 Å². The Kier molecular flexibility index (Phi) is 4.47. The monoisotopic (exact) mass is 334 g/mol. The average Bonchev–Trinajstić information content (AvgIpc) is 2.41. The Bertz CT molecular complexity index is 624. The number of hydrogen-bond acceptors (Lipinski definition) is 3. The van der Waals surface area contributed by atoms with Crippen LogP contribution in [0.1, 0.15) is 15.9 Å². The van der Waals surface area contributed by atoms with E-state index in [1.165, 1.54) is 6.20 Å². The Labute approximate surface area is 123 Å². The number of anilines is 1. The first-order valence-corrected chi connectivity index (χ1v) is 6.57. The molecule has 0 aliphatic heterocycles. The average molecular weight is 335 g/mol. The van der Waals surface area contributed by atoms with Crippen LogP contribution in [-0.4, -0.2) is 22.0 Å². The lowest BCUT2D eigenvalue weighted by Crippen LogP contribution is -2.12. The van der Waals surface area contributed by atoms with Crippen LogP contribution in [0.4, 0.5) is 5.69 Å². The van der Waals surface area contributed by atoms with Gasteiger partial charge in [0.15, 0.2) is 0 Å². The molecule has 20 heavy (non-hydrogen) atoms. The number of benzene rings is 1. The SMILES string of the molecule is O=C(O)Cc1ccc(NC(=O)c2ccc(Br)nc2)cc1. The van der Waals surface area contributed by atoms with Crippen LogP contribution in [0.25, 0.3) is 0 Å². The van der Waals surface area contributed by atoms with Crippen molar-refractivity contribution in [3.63, 3.8) is 0 Å². The summed E-state index contributed by atoms with van der Waals surface area (Å²) in [6.07, 6.45) is 1.43. The van der Waals surface area contributed by atoms with Crippen molar-refractivity contribution in [1.82, 2.24) is 4.98 Å². The molecule has 2 N–H and O–H groups in total. The molecule has 2 aromatic rings. The Morgan fingerprint density at radius 2 is 1.85 bits per heavy atom. The number of nitrogens with zero attached hydrogens (tertiary/aromatic N) is 1. The van der Waals surface area contributed by atoms with Gasteiger partial charge < -0.3 is 10.4 Å². The van der Waals surface area contributed by atoms with Gasteiger partial charge in [-0.15, -0.1) is 0 Å². The molecule has 102 valence electrons. The zero-order valence-corrected chi connectivity index (χ0v) is 11.9. The van der Waals surface area contributed by atoms with Gasteiger partial charge in [-0.2, -0.15) is 0 Å². The van der Waals surface area contributed by atoms with E-state index in [-0.39, 0.29) is 12.3 Å². The molecular formula is C14H11BrN2O3. The molecule has 0 saturated carbocycles. The summed E-state index contributed by atoms with van der Waals surface area (Å²) in [6.45, 7) is 0. The number of aromatic nitrogens is 1. The number of nitrogens with one attached hydrogen (secondary N) is 1. The van der Waals surface area contributed by atoms with E-state index in [1.54, 1.807) is 36.4 Å². The van der Waals surface area contributed by atoms with Gasteiger partial charge in [0.05, 0.1) is 12.0 Å². The topological polar surface area (TPSA) is 79.3 Å². The van der Waals surface area contributed by atoms with E-state index in [0.29, 0.717) is 21.4 Å². The lowest BCUT2D eigenvalue weighted by Gasteiger charge is -2.06. The van der Waals surface area contributed by atoms with Crippen molar-refractivity contribution in [3.05, 3.63) is 58.3 Å². The second kappa shape index (κ2) is 6.29. The molecule has 0 fully saturated rings. The summed E-state index contributed by atoms with van der Waals surface area (Å²) in [5.74, 6) is -1.15. The second-order valence-corrected chi connectivity index (χ2v) is 4.90. The lowest BCUT2D eigenvalue weighted by molar-refractivity contribution is -0.136. The lowest BCUT2D eigenvalue weighted by atomic mass is 10.1. The van der Waals surface area contributed by atoms with Gasteiger partial charge in [0.1, 0.15) is 4.60 Å². The van der Waals surface area contributed by atoms with Crippen LogP contribution in [-0.2, 0) is 11.2 Å². The minimum Gasteiger partial charge on any atom is -0.481 e. The third kappa shape index (κ3) is 3.89. The minimum atomic E-state index is -0.886. The van der Waals surface area contributed by atoms with Gasteiger partial charge in [-0.3, -0.25) is 9.59 Å². The van der Waals surface area contributed by atoms with Gasteiger partial charge in [0.25, 0.3) is 5.91 Å². The molecule has 2 rings (SSSR count). The Balaban J connectivity index is 2.04. The molecule has 0 atom stereocenters. The predicted molar refractivity (Wildman–Crippen MR) is 77.7 cm³/mol. The highest BCUT2D eigenvalue weighted by Crippen LogP contribution is 2.12. The number of aliphatic carboxylic acids is 1. The van der Waals surface area contributed by atoms with E-state index < -0.39 is 5.97 Å². The van der Waals surface area contributed by atoms with Crippen LogP contribution >= 0.6 is 15.9 Å². The number of halogens is 1. The molecule has 0 saturated heterocycles. The van der Waals surface area contributed by atoms with Gasteiger partial charge in [-0.1, -0.05) is 12.1 Å². The number of carbonyl (C=O) groups excluding carboxylic acids is 1. The first-order chi connectivity index (χ1) is 9.54. The molecule has 0 unspecified atom stereocenters. The Morgan fingerprint density at radius 1 is 1.15 bits per heavy atom. The highest BCUT2D eigenvalue weighted by molar-refractivity contribution is 9.10. The summed E-state index contributed by atoms with van der Waals surface area (Å²) in [7, 11) is 0. The van der Waals surface area contributed by atoms with E-state index in [4.69, 9.17) is 5.11 Å². The van der Waals surface area contributed by atoms with E-state index in [2.05, 4.69) is 26.2 Å². The highest BCUT2D eigenvalue weighted by Gasteiger charge is 2.07. The minimum absolute atomic E-state index is 0.0368. The van der Waals surface area contributed by atoms with Gasteiger partial charge >= 0.3 is 5.97 Å². The third-order valence-corrected chi connectivity index (χ3v) is 3.03. The van der Waals surface area contributed by atoms with Crippen molar-refractivity contribution in [2.24, 2.45) is 0 Å². The first kappa shape index (κ1) is 14.2. The summed E-state index contributed by atoms with van der Waals surface area (Å²) in [5, 5.41) is 11.4.